The molecule has 192 valence electrons. The molecule has 1 saturated carbocycles. The van der Waals surface area contributed by atoms with E-state index in [1.807, 2.05) is 20.8 Å². The number of para-hydroxylation sites is 1. The van der Waals surface area contributed by atoms with Gasteiger partial charge in [-0.2, -0.15) is 0 Å². The smallest absolute Gasteiger partial charge is 0.407 e. The predicted octanol–water partition coefficient (Wildman–Crippen LogP) is 6.50. The van der Waals surface area contributed by atoms with Crippen molar-refractivity contribution in [2.24, 2.45) is 11.8 Å². The third-order valence-electron chi connectivity index (χ3n) is 7.51. The molecule has 2 amide bonds. The minimum atomic E-state index is -0.475. The molecule has 1 aromatic carbocycles. The lowest BCUT2D eigenvalue weighted by molar-refractivity contribution is -0.135. The largest absolute Gasteiger partial charge is 0.444 e. The number of carbonyl (C=O) groups is 2. The molecule has 1 aromatic heterocycles. The maximum Gasteiger partial charge on any atom is 0.407 e. The molecule has 35 heavy (non-hydrogen) atoms. The van der Waals surface area contributed by atoms with E-state index >= 15 is 0 Å². The molecule has 1 aliphatic carbocycles. The zero-order valence-corrected chi connectivity index (χ0v) is 22.2. The first kappa shape index (κ1) is 25.6. The van der Waals surface area contributed by atoms with Crippen LogP contribution in [0.15, 0.2) is 24.3 Å². The fraction of sp³-hybridized carbons (Fsp3) is 0.655. The molecule has 2 heterocycles. The highest BCUT2D eigenvalue weighted by Gasteiger charge is 2.34. The molecule has 6 nitrogen and oxygen atoms in total. The number of H-pyrrole nitrogens is 1. The summed E-state index contributed by atoms with van der Waals surface area (Å²) in [5, 5.41) is 4.32. The zero-order valence-electron chi connectivity index (χ0n) is 22.2. The monoisotopic (exact) mass is 481 g/mol. The van der Waals surface area contributed by atoms with Crippen molar-refractivity contribution in [3.63, 3.8) is 0 Å². The molecule has 6 heteroatoms. The van der Waals surface area contributed by atoms with Gasteiger partial charge in [-0.25, -0.2) is 4.79 Å². The van der Waals surface area contributed by atoms with Crippen LogP contribution in [-0.4, -0.2) is 40.1 Å². The molecule has 0 radical (unpaired) electrons. The number of nitrogens with one attached hydrogen (secondary N) is 2. The lowest BCUT2D eigenvalue weighted by Crippen LogP contribution is -2.41. The minimum Gasteiger partial charge on any atom is -0.444 e. The number of nitrogens with zero attached hydrogens (tertiary/aromatic N) is 1. The average molecular weight is 482 g/mol. The van der Waals surface area contributed by atoms with Gasteiger partial charge in [0.25, 0.3) is 0 Å². The van der Waals surface area contributed by atoms with Gasteiger partial charge in [0.05, 0.1) is 6.04 Å². The lowest BCUT2D eigenvalue weighted by atomic mass is 9.83. The van der Waals surface area contributed by atoms with Crippen LogP contribution < -0.4 is 5.32 Å². The molecule has 0 spiro atoms. The number of carbonyl (C=O) groups excluding carboxylic acids is 2. The van der Waals surface area contributed by atoms with E-state index in [9.17, 15) is 9.59 Å². The van der Waals surface area contributed by atoms with E-state index in [2.05, 4.69) is 53.3 Å². The molecular formula is C29H43N3O3. The van der Waals surface area contributed by atoms with Crippen LogP contribution in [0.25, 0.3) is 10.9 Å². The van der Waals surface area contributed by atoms with Gasteiger partial charge < -0.3 is 19.9 Å². The molecule has 1 atom stereocenters. The molecule has 0 bridgehead atoms. The van der Waals surface area contributed by atoms with Crippen molar-refractivity contribution < 1.29 is 14.3 Å². The summed E-state index contributed by atoms with van der Waals surface area (Å²) in [7, 11) is 0. The van der Waals surface area contributed by atoms with Crippen LogP contribution in [0.1, 0.15) is 96.9 Å². The fourth-order valence-electron chi connectivity index (χ4n) is 5.85. The second-order valence-corrected chi connectivity index (χ2v) is 11.9. The number of amides is 2. The number of benzene rings is 1. The zero-order chi connectivity index (χ0) is 25.2. The summed E-state index contributed by atoms with van der Waals surface area (Å²) in [6.45, 7) is 10.9. The van der Waals surface area contributed by atoms with Gasteiger partial charge in [0.15, 0.2) is 0 Å². The summed E-state index contributed by atoms with van der Waals surface area (Å²) < 4.78 is 5.39. The van der Waals surface area contributed by atoms with Crippen molar-refractivity contribution in [1.82, 2.24) is 15.2 Å². The topological polar surface area (TPSA) is 74.4 Å². The number of hydrogen-bond donors (Lipinski definition) is 2. The summed E-state index contributed by atoms with van der Waals surface area (Å²) in [6.07, 6.45) is 7.13. The van der Waals surface area contributed by atoms with Crippen molar-refractivity contribution in [3.05, 3.63) is 35.5 Å². The number of rotatable bonds is 6. The van der Waals surface area contributed by atoms with E-state index in [4.69, 9.17) is 4.74 Å². The number of fused-ring (bicyclic) bond motifs is 3. The van der Waals surface area contributed by atoms with Crippen molar-refractivity contribution in [3.8, 4) is 0 Å². The van der Waals surface area contributed by atoms with Crippen molar-refractivity contribution in [2.75, 3.05) is 6.54 Å². The van der Waals surface area contributed by atoms with Gasteiger partial charge in [-0.15, -0.1) is 0 Å². The second-order valence-electron chi connectivity index (χ2n) is 11.9. The van der Waals surface area contributed by atoms with Gasteiger partial charge in [-0.1, -0.05) is 32.0 Å². The lowest BCUT2D eigenvalue weighted by Gasteiger charge is -2.37. The van der Waals surface area contributed by atoms with Gasteiger partial charge in [-0.3, -0.25) is 4.79 Å². The fourth-order valence-corrected chi connectivity index (χ4v) is 5.85. The minimum absolute atomic E-state index is 0.132. The standard InChI is InChI=1S/C29H43N3O3/c1-19(2)18-25-27-23(22-8-6-7-9-24(22)31-27)16-17-32(25)26(33)15-12-20-10-13-21(14-11-20)30-28(34)35-29(3,4)5/h6-9,19-21,25,31H,10-18H2,1-5H3,(H,30,34)/t20-,21-,25?. The summed E-state index contributed by atoms with van der Waals surface area (Å²) in [5.41, 5.74) is 3.34. The summed E-state index contributed by atoms with van der Waals surface area (Å²) in [5.74, 6) is 1.35. The Balaban J connectivity index is 1.32. The van der Waals surface area contributed by atoms with Crippen molar-refractivity contribution in [2.45, 2.75) is 104 Å². The van der Waals surface area contributed by atoms with Crippen LogP contribution >= 0.6 is 0 Å². The Morgan fingerprint density at radius 3 is 2.54 bits per heavy atom. The molecule has 2 aromatic rings. The highest BCUT2D eigenvalue weighted by atomic mass is 16.6. The highest BCUT2D eigenvalue weighted by molar-refractivity contribution is 5.86. The molecule has 2 aliphatic rings. The first-order valence-electron chi connectivity index (χ1n) is 13.5. The number of aromatic nitrogens is 1. The van der Waals surface area contributed by atoms with Gasteiger partial charge in [-0.05, 0) is 89.2 Å². The predicted molar refractivity (Wildman–Crippen MR) is 140 cm³/mol. The van der Waals surface area contributed by atoms with E-state index in [0.29, 0.717) is 18.3 Å². The van der Waals surface area contributed by atoms with Gasteiger partial charge in [0, 0.05) is 35.6 Å². The van der Waals surface area contributed by atoms with E-state index < -0.39 is 5.60 Å². The van der Waals surface area contributed by atoms with Crippen molar-refractivity contribution >= 4 is 22.9 Å². The molecule has 1 fully saturated rings. The third kappa shape index (κ3) is 6.39. The quantitative estimate of drug-likeness (QED) is 0.494. The Labute approximate surface area is 210 Å². The maximum atomic E-state index is 13.4. The molecule has 1 unspecified atom stereocenters. The third-order valence-corrected chi connectivity index (χ3v) is 7.51. The molecule has 2 N–H and O–H groups in total. The Bertz CT molecular complexity index is 1030. The SMILES string of the molecule is CC(C)CC1c2[nH]c3ccccc3c2CCN1C(=O)CC[C@H]1CC[C@H](NC(=O)OC(C)(C)C)CC1. The first-order chi connectivity index (χ1) is 16.6. The Morgan fingerprint density at radius 2 is 1.86 bits per heavy atom. The summed E-state index contributed by atoms with van der Waals surface area (Å²) >= 11 is 0. The van der Waals surface area contributed by atoms with Crippen LogP contribution in [-0.2, 0) is 16.0 Å². The van der Waals surface area contributed by atoms with Crippen LogP contribution in [0.5, 0.6) is 0 Å². The molecule has 0 saturated heterocycles. The van der Waals surface area contributed by atoms with Gasteiger partial charge in [0.2, 0.25) is 5.91 Å². The van der Waals surface area contributed by atoms with Gasteiger partial charge >= 0.3 is 6.09 Å². The molecular weight excluding hydrogens is 438 g/mol. The van der Waals surface area contributed by atoms with E-state index in [1.54, 1.807) is 0 Å². The summed E-state index contributed by atoms with van der Waals surface area (Å²) in [4.78, 5) is 31.3. The second kappa shape index (κ2) is 10.6. The molecule has 4 rings (SSSR count). The average Bonchev–Trinajstić information content (AvgIpc) is 3.16. The maximum absolute atomic E-state index is 13.4. The van der Waals surface area contributed by atoms with Crippen LogP contribution in [0.2, 0.25) is 0 Å². The molecule has 1 aliphatic heterocycles. The first-order valence-corrected chi connectivity index (χ1v) is 13.5. The number of alkyl carbamates (subject to hydrolysis) is 1. The summed E-state index contributed by atoms with van der Waals surface area (Å²) in [6, 6.07) is 8.82. The number of ether oxygens (including phenoxy) is 1. The Kier molecular flexibility index (Phi) is 7.77. The Hall–Kier alpha value is -2.50. The number of hydrogen-bond acceptors (Lipinski definition) is 3. The van der Waals surface area contributed by atoms with E-state index in [1.165, 1.54) is 22.2 Å². The van der Waals surface area contributed by atoms with Crippen molar-refractivity contribution in [1.29, 1.82) is 0 Å². The van der Waals surface area contributed by atoms with Gasteiger partial charge in [0.1, 0.15) is 5.60 Å². The Morgan fingerprint density at radius 1 is 1.14 bits per heavy atom. The normalized spacial score (nSPS) is 22.8. The number of aromatic amines is 1. The van der Waals surface area contributed by atoms with E-state index in [-0.39, 0.29) is 24.1 Å². The van der Waals surface area contributed by atoms with E-state index in [0.717, 1.165) is 51.5 Å². The van der Waals surface area contributed by atoms with Crippen LogP contribution in [0, 0.1) is 11.8 Å². The van der Waals surface area contributed by atoms with Crippen LogP contribution in [0.4, 0.5) is 4.79 Å². The highest BCUT2D eigenvalue weighted by Crippen LogP contribution is 2.38. The van der Waals surface area contributed by atoms with Crippen LogP contribution in [0.3, 0.4) is 0 Å².